The zero-order valence-corrected chi connectivity index (χ0v) is 23.5. The summed E-state index contributed by atoms with van der Waals surface area (Å²) in [5.41, 5.74) is 2.61. The molecule has 3 rings (SSSR count). The number of alkyl halides is 2. The number of halogens is 2. The van der Waals surface area contributed by atoms with Crippen LogP contribution in [0.1, 0.15) is 140 Å². The second-order valence-electron chi connectivity index (χ2n) is 11.4. The molecule has 0 amide bonds. The van der Waals surface area contributed by atoms with Gasteiger partial charge in [0, 0.05) is 0 Å². The van der Waals surface area contributed by atoms with Crippen LogP contribution in [0.4, 0.5) is 8.78 Å². The summed E-state index contributed by atoms with van der Waals surface area (Å²) >= 11 is 0. The first kappa shape index (κ1) is 30.6. The Hall–Kier alpha value is -1.98. The molecule has 38 heavy (non-hydrogen) atoms. The lowest BCUT2D eigenvalue weighted by atomic mass is 9.80. The van der Waals surface area contributed by atoms with E-state index in [0.717, 1.165) is 89.9 Å². The number of rotatable bonds is 14. The standard InChI is InChI=1S/C32H48F2O4/c1-3-5-7-9-29(33)31(35)37-27-19-15-25(16-20-27)23-11-13-24(14-12-23)26-17-21-28(22-18-26)38-32(36)30(34)10-8-6-4-2/h11-14,25-30H,3-10,15-22H2,1-2H3/t25-,26-,27-,28-,29-,30-/m0/s1. The van der Waals surface area contributed by atoms with Gasteiger partial charge < -0.3 is 9.47 Å². The van der Waals surface area contributed by atoms with E-state index in [1.807, 2.05) is 0 Å². The van der Waals surface area contributed by atoms with E-state index in [9.17, 15) is 18.4 Å². The molecule has 2 saturated carbocycles. The zero-order chi connectivity index (χ0) is 27.3. The SMILES string of the molecule is CCCCC[C@H](F)C(=O)O[C@H]1CC[C@H](c2ccc([C@H]3CC[C@H](OC(=O)[C@@H](F)CCCCC)CC3)cc2)CC1. The lowest BCUT2D eigenvalue weighted by Crippen LogP contribution is -2.28. The Morgan fingerprint density at radius 3 is 1.32 bits per heavy atom. The number of hydrogen-bond donors (Lipinski definition) is 0. The Morgan fingerprint density at radius 2 is 1.00 bits per heavy atom. The van der Waals surface area contributed by atoms with Crippen LogP contribution in [0.2, 0.25) is 0 Å². The average molecular weight is 535 g/mol. The van der Waals surface area contributed by atoms with Gasteiger partial charge in [-0.2, -0.15) is 0 Å². The van der Waals surface area contributed by atoms with Gasteiger partial charge in [-0.1, -0.05) is 63.8 Å². The van der Waals surface area contributed by atoms with Crippen LogP contribution in [0, 0.1) is 0 Å². The van der Waals surface area contributed by atoms with Crippen molar-refractivity contribution in [2.75, 3.05) is 0 Å². The van der Waals surface area contributed by atoms with Crippen LogP contribution in [0.3, 0.4) is 0 Å². The summed E-state index contributed by atoms with van der Waals surface area (Å²) in [5, 5.41) is 0. The smallest absolute Gasteiger partial charge is 0.340 e. The fourth-order valence-electron chi connectivity index (χ4n) is 5.93. The highest BCUT2D eigenvalue weighted by Crippen LogP contribution is 2.37. The monoisotopic (exact) mass is 534 g/mol. The summed E-state index contributed by atoms with van der Waals surface area (Å²) in [6, 6.07) is 8.86. The van der Waals surface area contributed by atoms with Gasteiger partial charge in [0.15, 0.2) is 12.3 Å². The van der Waals surface area contributed by atoms with Gasteiger partial charge in [0.2, 0.25) is 0 Å². The van der Waals surface area contributed by atoms with Crippen LogP contribution in [0.25, 0.3) is 0 Å². The second-order valence-corrected chi connectivity index (χ2v) is 11.4. The van der Waals surface area contributed by atoms with E-state index in [4.69, 9.17) is 9.47 Å². The average Bonchev–Trinajstić information content (AvgIpc) is 2.94. The van der Waals surface area contributed by atoms with Gasteiger partial charge in [0.25, 0.3) is 0 Å². The highest BCUT2D eigenvalue weighted by molar-refractivity contribution is 5.75. The van der Waals surface area contributed by atoms with Crippen LogP contribution in [0.15, 0.2) is 24.3 Å². The third kappa shape index (κ3) is 9.64. The van der Waals surface area contributed by atoms with E-state index in [1.165, 1.54) is 11.1 Å². The molecule has 4 nitrogen and oxygen atoms in total. The molecular weight excluding hydrogens is 486 g/mol. The quantitative estimate of drug-likeness (QED) is 0.177. The van der Waals surface area contributed by atoms with Crippen molar-refractivity contribution in [3.63, 3.8) is 0 Å². The normalized spacial score (nSPS) is 25.4. The molecule has 0 radical (unpaired) electrons. The molecule has 1 aromatic carbocycles. The number of hydrogen-bond acceptors (Lipinski definition) is 4. The fourth-order valence-corrected chi connectivity index (χ4v) is 5.93. The first-order valence-electron chi connectivity index (χ1n) is 15.2. The minimum Gasteiger partial charge on any atom is -0.460 e. The van der Waals surface area contributed by atoms with E-state index in [0.29, 0.717) is 11.8 Å². The van der Waals surface area contributed by atoms with E-state index < -0.39 is 24.3 Å². The molecule has 2 fully saturated rings. The predicted octanol–water partition coefficient (Wildman–Crippen LogP) is 8.66. The summed E-state index contributed by atoms with van der Waals surface area (Å²) in [6.45, 7) is 4.12. The maximum absolute atomic E-state index is 14.1. The highest BCUT2D eigenvalue weighted by atomic mass is 19.1. The molecule has 2 aliphatic carbocycles. The minimum absolute atomic E-state index is 0.171. The van der Waals surface area contributed by atoms with Gasteiger partial charge in [-0.15, -0.1) is 0 Å². The topological polar surface area (TPSA) is 52.6 Å². The summed E-state index contributed by atoms with van der Waals surface area (Å²) in [5.74, 6) is -0.499. The van der Waals surface area contributed by atoms with Crippen molar-refractivity contribution in [2.45, 2.75) is 153 Å². The second kappa shape index (κ2) is 16.2. The molecule has 0 N–H and O–H groups in total. The fraction of sp³-hybridized carbons (Fsp3) is 0.750. The molecule has 0 unspecified atom stereocenters. The summed E-state index contributed by atoms with van der Waals surface area (Å²) in [4.78, 5) is 24.1. The van der Waals surface area contributed by atoms with Crippen molar-refractivity contribution >= 4 is 11.9 Å². The molecule has 2 aliphatic rings. The summed E-state index contributed by atoms with van der Waals surface area (Å²) in [6.07, 6.45) is 9.40. The van der Waals surface area contributed by atoms with Gasteiger partial charge in [-0.25, -0.2) is 18.4 Å². The van der Waals surface area contributed by atoms with Crippen LogP contribution < -0.4 is 0 Å². The Labute approximate surface area is 228 Å². The van der Waals surface area contributed by atoms with Crippen molar-refractivity contribution in [3.8, 4) is 0 Å². The Kier molecular flexibility index (Phi) is 13.0. The maximum atomic E-state index is 14.1. The van der Waals surface area contributed by atoms with E-state index in [1.54, 1.807) is 0 Å². The van der Waals surface area contributed by atoms with Gasteiger partial charge in [-0.3, -0.25) is 0 Å². The van der Waals surface area contributed by atoms with Crippen molar-refractivity contribution in [2.24, 2.45) is 0 Å². The minimum atomic E-state index is -1.50. The van der Waals surface area contributed by atoms with Gasteiger partial charge in [0.1, 0.15) is 12.2 Å². The van der Waals surface area contributed by atoms with Crippen molar-refractivity contribution in [3.05, 3.63) is 35.4 Å². The van der Waals surface area contributed by atoms with E-state index >= 15 is 0 Å². The number of esters is 2. The number of carbonyl (C=O) groups excluding carboxylic acids is 2. The van der Waals surface area contributed by atoms with Gasteiger partial charge in [-0.05, 0) is 100 Å². The molecule has 0 spiro atoms. The number of carbonyl (C=O) groups is 2. The third-order valence-corrected chi connectivity index (χ3v) is 8.43. The molecule has 0 aliphatic heterocycles. The number of ether oxygens (including phenoxy) is 2. The molecule has 0 bridgehead atoms. The van der Waals surface area contributed by atoms with Crippen molar-refractivity contribution < 1.29 is 27.8 Å². The zero-order valence-electron chi connectivity index (χ0n) is 23.5. The first-order chi connectivity index (χ1) is 18.4. The van der Waals surface area contributed by atoms with E-state index in [2.05, 4.69) is 38.1 Å². The van der Waals surface area contributed by atoms with Crippen LogP contribution in [-0.4, -0.2) is 36.5 Å². The van der Waals surface area contributed by atoms with Crippen molar-refractivity contribution in [1.82, 2.24) is 0 Å². The number of benzene rings is 1. The molecule has 1 aromatic rings. The molecule has 6 heteroatoms. The van der Waals surface area contributed by atoms with E-state index in [-0.39, 0.29) is 25.0 Å². The van der Waals surface area contributed by atoms with Crippen molar-refractivity contribution in [1.29, 1.82) is 0 Å². The molecule has 2 atom stereocenters. The molecule has 0 aromatic heterocycles. The molecular formula is C32H48F2O4. The molecule has 0 heterocycles. The van der Waals surface area contributed by atoms with Crippen LogP contribution >= 0.6 is 0 Å². The highest BCUT2D eigenvalue weighted by Gasteiger charge is 2.30. The first-order valence-corrected chi connectivity index (χ1v) is 15.2. The summed E-state index contributed by atoms with van der Waals surface area (Å²) in [7, 11) is 0. The maximum Gasteiger partial charge on any atom is 0.340 e. The van der Waals surface area contributed by atoms with Gasteiger partial charge in [0.05, 0.1) is 0 Å². The molecule has 0 saturated heterocycles. The van der Waals surface area contributed by atoms with Crippen LogP contribution in [-0.2, 0) is 19.1 Å². The van der Waals surface area contributed by atoms with Gasteiger partial charge >= 0.3 is 11.9 Å². The third-order valence-electron chi connectivity index (χ3n) is 8.43. The molecule has 214 valence electrons. The predicted molar refractivity (Wildman–Crippen MR) is 147 cm³/mol. The lowest BCUT2D eigenvalue weighted by molar-refractivity contribution is -0.157. The lowest BCUT2D eigenvalue weighted by Gasteiger charge is -2.30. The largest absolute Gasteiger partial charge is 0.460 e. The Bertz CT molecular complexity index is 757. The Morgan fingerprint density at radius 1 is 0.658 bits per heavy atom. The summed E-state index contributed by atoms with van der Waals surface area (Å²) < 4.78 is 39.1. The van der Waals surface area contributed by atoms with Crippen LogP contribution in [0.5, 0.6) is 0 Å². The Balaban J connectivity index is 1.37. The number of unbranched alkanes of at least 4 members (excludes halogenated alkanes) is 4.